The van der Waals surface area contributed by atoms with E-state index >= 15 is 0 Å². The summed E-state index contributed by atoms with van der Waals surface area (Å²) in [7, 11) is 0. The summed E-state index contributed by atoms with van der Waals surface area (Å²) in [4.78, 5) is 2.61. The largest absolute Gasteiger partial charge is 0.455 e. The van der Waals surface area contributed by atoms with Crippen molar-refractivity contribution in [3.63, 3.8) is 0 Å². The van der Waals surface area contributed by atoms with E-state index < -0.39 is 18.1 Å². The molecule has 1 aromatic carbocycles. The number of rotatable bonds is 2. The number of benzene rings is 1. The highest BCUT2D eigenvalue weighted by Gasteiger charge is 2.62. The van der Waals surface area contributed by atoms with Crippen LogP contribution in [0.1, 0.15) is 11.6 Å². The van der Waals surface area contributed by atoms with E-state index in [4.69, 9.17) is 5.73 Å². The van der Waals surface area contributed by atoms with Crippen LogP contribution in [0.25, 0.3) is 10.9 Å². The second kappa shape index (κ2) is 4.97. The summed E-state index contributed by atoms with van der Waals surface area (Å²) in [5.41, 5.74) is 5.28. The lowest BCUT2D eigenvalue weighted by atomic mass is 10.0. The molecule has 2 nitrogen and oxygen atoms in total. The Morgan fingerprint density at radius 3 is 2.21 bits per heavy atom. The quantitative estimate of drug-likeness (QED) is 0.814. The molecule has 0 saturated heterocycles. The minimum Gasteiger partial charge on any atom is -0.361 e. The molecular formula is C11H10ClF5N2. The Hall–Kier alpha value is -1.34. The lowest BCUT2D eigenvalue weighted by Crippen LogP contribution is -2.45. The van der Waals surface area contributed by atoms with Crippen LogP contribution >= 0.6 is 12.4 Å². The summed E-state index contributed by atoms with van der Waals surface area (Å²) in [6, 6.07) is 3.74. The van der Waals surface area contributed by atoms with Gasteiger partial charge >= 0.3 is 12.1 Å². The third-order valence-corrected chi connectivity index (χ3v) is 2.72. The van der Waals surface area contributed by atoms with Crippen molar-refractivity contribution in [3.8, 4) is 0 Å². The van der Waals surface area contributed by atoms with Crippen LogP contribution in [-0.4, -0.2) is 17.1 Å². The molecule has 0 bridgehead atoms. The van der Waals surface area contributed by atoms with Gasteiger partial charge in [-0.25, -0.2) is 0 Å². The topological polar surface area (TPSA) is 41.8 Å². The number of hydrogen-bond donors (Lipinski definition) is 2. The van der Waals surface area contributed by atoms with Gasteiger partial charge in [0.2, 0.25) is 0 Å². The predicted octanol–water partition coefficient (Wildman–Crippen LogP) is 3.79. The molecule has 0 amide bonds. The zero-order valence-corrected chi connectivity index (χ0v) is 10.2. The van der Waals surface area contributed by atoms with E-state index in [1.165, 1.54) is 12.1 Å². The van der Waals surface area contributed by atoms with E-state index in [1.807, 2.05) is 0 Å². The first kappa shape index (κ1) is 15.7. The molecule has 1 heterocycles. The van der Waals surface area contributed by atoms with Gasteiger partial charge in [-0.2, -0.15) is 22.0 Å². The zero-order valence-electron chi connectivity index (χ0n) is 9.34. The van der Waals surface area contributed by atoms with Crippen LogP contribution < -0.4 is 5.73 Å². The summed E-state index contributed by atoms with van der Waals surface area (Å²) in [5, 5.41) is 0.258. The normalized spacial score (nSPS) is 14.2. The Morgan fingerprint density at radius 1 is 1.05 bits per heavy atom. The van der Waals surface area contributed by atoms with Gasteiger partial charge in [0.25, 0.3) is 0 Å². The average Bonchev–Trinajstić information content (AvgIpc) is 2.70. The van der Waals surface area contributed by atoms with Crippen LogP contribution in [0.15, 0.2) is 30.5 Å². The standard InChI is InChI=1S/C11H9F5N2.ClH/c12-10(13,11(14,15)16)9(17)7-5-18-8-4-2-1-3-6(7)8;/h1-5,9,18H,17H2;1H/t9-;/m1./s1. The molecule has 1 aromatic heterocycles. The van der Waals surface area contributed by atoms with Gasteiger partial charge in [-0.3, -0.25) is 0 Å². The lowest BCUT2D eigenvalue weighted by Gasteiger charge is -2.25. The molecule has 3 N–H and O–H groups in total. The number of para-hydroxylation sites is 1. The Morgan fingerprint density at radius 2 is 1.63 bits per heavy atom. The van der Waals surface area contributed by atoms with Crippen molar-refractivity contribution in [1.29, 1.82) is 0 Å². The number of hydrogen-bond acceptors (Lipinski definition) is 1. The third-order valence-electron chi connectivity index (χ3n) is 2.72. The second-order valence-electron chi connectivity index (χ2n) is 3.89. The van der Waals surface area contributed by atoms with Crippen molar-refractivity contribution in [2.45, 2.75) is 18.1 Å². The molecule has 19 heavy (non-hydrogen) atoms. The molecule has 0 aliphatic carbocycles. The molecule has 2 aromatic rings. The molecule has 0 spiro atoms. The van der Waals surface area contributed by atoms with Crippen LogP contribution in [0, 0.1) is 0 Å². The first-order chi connectivity index (χ1) is 8.25. The molecule has 2 rings (SSSR count). The van der Waals surface area contributed by atoms with Gasteiger partial charge in [0.05, 0.1) is 0 Å². The molecule has 1 atom stereocenters. The maximum Gasteiger partial charge on any atom is 0.455 e. The first-order valence-corrected chi connectivity index (χ1v) is 5.01. The molecule has 0 fully saturated rings. The van der Waals surface area contributed by atoms with E-state index in [0.29, 0.717) is 5.52 Å². The highest BCUT2D eigenvalue weighted by atomic mass is 35.5. The van der Waals surface area contributed by atoms with Gasteiger partial charge < -0.3 is 10.7 Å². The highest BCUT2D eigenvalue weighted by Crippen LogP contribution is 2.44. The maximum atomic E-state index is 13.2. The number of halogens is 6. The summed E-state index contributed by atoms with van der Waals surface area (Å²) < 4.78 is 63.0. The highest BCUT2D eigenvalue weighted by molar-refractivity contribution is 5.85. The fourth-order valence-corrected chi connectivity index (χ4v) is 1.72. The summed E-state index contributed by atoms with van der Waals surface area (Å²) in [5.74, 6) is -4.97. The molecule has 0 aliphatic heterocycles. The fourth-order valence-electron chi connectivity index (χ4n) is 1.72. The van der Waals surface area contributed by atoms with Gasteiger partial charge in [0, 0.05) is 22.7 Å². The monoisotopic (exact) mass is 300 g/mol. The summed E-state index contributed by atoms with van der Waals surface area (Å²) >= 11 is 0. The van der Waals surface area contributed by atoms with Gasteiger partial charge in [-0.1, -0.05) is 18.2 Å². The van der Waals surface area contributed by atoms with E-state index in [0.717, 1.165) is 6.20 Å². The number of nitrogens with two attached hydrogens (primary N) is 1. The predicted molar refractivity (Wildman–Crippen MR) is 63.5 cm³/mol. The number of fused-ring (bicyclic) bond motifs is 1. The molecule has 0 radical (unpaired) electrons. The Bertz CT molecular complexity index is 563. The smallest absolute Gasteiger partial charge is 0.361 e. The van der Waals surface area contributed by atoms with Gasteiger partial charge in [0.1, 0.15) is 6.04 Å². The van der Waals surface area contributed by atoms with Gasteiger partial charge in [-0.15, -0.1) is 12.4 Å². The van der Waals surface area contributed by atoms with Crippen LogP contribution in [-0.2, 0) is 0 Å². The van der Waals surface area contributed by atoms with E-state index in [-0.39, 0.29) is 23.4 Å². The van der Waals surface area contributed by atoms with Gasteiger partial charge in [-0.05, 0) is 6.07 Å². The molecule has 8 heteroatoms. The number of aromatic amines is 1. The minimum absolute atomic E-state index is 0. The average molecular weight is 301 g/mol. The van der Waals surface area contributed by atoms with Crippen LogP contribution in [0.2, 0.25) is 0 Å². The van der Waals surface area contributed by atoms with E-state index in [1.54, 1.807) is 12.1 Å². The molecule has 0 aliphatic rings. The van der Waals surface area contributed by atoms with E-state index in [9.17, 15) is 22.0 Å². The van der Waals surface area contributed by atoms with Crippen LogP contribution in [0.5, 0.6) is 0 Å². The maximum absolute atomic E-state index is 13.2. The van der Waals surface area contributed by atoms with Crippen molar-refractivity contribution < 1.29 is 22.0 Å². The van der Waals surface area contributed by atoms with E-state index in [2.05, 4.69) is 4.98 Å². The van der Waals surface area contributed by atoms with Crippen molar-refractivity contribution in [2.24, 2.45) is 5.73 Å². The van der Waals surface area contributed by atoms with Crippen molar-refractivity contribution in [1.82, 2.24) is 4.98 Å². The van der Waals surface area contributed by atoms with Crippen molar-refractivity contribution in [3.05, 3.63) is 36.0 Å². The summed E-state index contributed by atoms with van der Waals surface area (Å²) in [6.45, 7) is 0. The Labute approximate surface area is 111 Å². The molecule has 106 valence electrons. The first-order valence-electron chi connectivity index (χ1n) is 5.01. The molecule has 0 unspecified atom stereocenters. The van der Waals surface area contributed by atoms with Crippen LogP contribution in [0.3, 0.4) is 0 Å². The number of aromatic nitrogens is 1. The summed E-state index contributed by atoms with van der Waals surface area (Å²) in [6.07, 6.45) is -4.60. The van der Waals surface area contributed by atoms with Gasteiger partial charge in [0.15, 0.2) is 0 Å². The number of alkyl halides is 5. The fraction of sp³-hybridized carbons (Fsp3) is 0.273. The van der Waals surface area contributed by atoms with Crippen molar-refractivity contribution >= 4 is 23.3 Å². The Kier molecular flexibility index (Phi) is 4.11. The third kappa shape index (κ3) is 2.52. The number of H-pyrrole nitrogens is 1. The van der Waals surface area contributed by atoms with Crippen LogP contribution in [0.4, 0.5) is 22.0 Å². The van der Waals surface area contributed by atoms with Crippen molar-refractivity contribution in [2.75, 3.05) is 0 Å². The minimum atomic E-state index is -5.68. The molecular weight excluding hydrogens is 291 g/mol. The SMILES string of the molecule is Cl.N[C@H](c1c[nH]c2ccccc12)C(F)(F)C(F)(F)F. The second-order valence-corrected chi connectivity index (χ2v) is 3.89. The number of nitrogens with one attached hydrogen (secondary N) is 1. The zero-order chi connectivity index (χ0) is 13.6. The molecule has 0 saturated carbocycles. The lowest BCUT2D eigenvalue weighted by molar-refractivity contribution is -0.290. The Balaban J connectivity index is 0.00000180.